The first kappa shape index (κ1) is 23.0. The Labute approximate surface area is 213 Å². The molecule has 11 heteroatoms. The molecular weight excluding hydrogens is 471 g/mol. The second kappa shape index (κ2) is 9.58. The minimum atomic E-state index is -0.255. The number of piperazine rings is 1. The van der Waals surface area contributed by atoms with Gasteiger partial charge in [-0.05, 0) is 30.2 Å². The highest BCUT2D eigenvalue weighted by atomic mass is 19.1. The van der Waals surface area contributed by atoms with Gasteiger partial charge in [-0.1, -0.05) is 12.1 Å². The zero-order chi connectivity index (χ0) is 25.4. The number of rotatable bonds is 6. The molecule has 1 aliphatic rings. The summed E-state index contributed by atoms with van der Waals surface area (Å²) < 4.78 is 16.8. The molecule has 1 atom stereocenters. The average molecular weight is 499 g/mol. The minimum Gasteiger partial charge on any atom is -0.351 e. The second-order valence-corrected chi connectivity index (χ2v) is 9.27. The summed E-state index contributed by atoms with van der Waals surface area (Å²) in [5.41, 5.74) is 11.2. The fourth-order valence-corrected chi connectivity index (χ4v) is 4.69. The molecule has 1 aliphatic heterocycles. The average Bonchev–Trinajstić information content (AvgIpc) is 3.56. The Balaban J connectivity index is 1.12. The molecule has 10 nitrogen and oxygen atoms in total. The van der Waals surface area contributed by atoms with Gasteiger partial charge in [-0.3, -0.25) is 4.68 Å². The van der Waals surface area contributed by atoms with Gasteiger partial charge in [0.1, 0.15) is 17.7 Å². The molecule has 0 radical (unpaired) electrons. The van der Waals surface area contributed by atoms with Crippen molar-refractivity contribution in [3.05, 3.63) is 84.6 Å². The van der Waals surface area contributed by atoms with E-state index < -0.39 is 0 Å². The molecule has 188 valence electrons. The molecule has 0 saturated carbocycles. The maximum Gasteiger partial charge on any atom is 0.225 e. The van der Waals surface area contributed by atoms with Crippen molar-refractivity contribution >= 4 is 17.3 Å². The van der Waals surface area contributed by atoms with Crippen molar-refractivity contribution in [3.8, 4) is 11.1 Å². The Bertz CT molecular complexity index is 1500. The number of benzene rings is 1. The van der Waals surface area contributed by atoms with Gasteiger partial charge >= 0.3 is 0 Å². The van der Waals surface area contributed by atoms with E-state index in [9.17, 15) is 4.39 Å². The minimum absolute atomic E-state index is 0.253. The third kappa shape index (κ3) is 4.73. The van der Waals surface area contributed by atoms with Crippen molar-refractivity contribution in [2.45, 2.75) is 12.5 Å². The normalized spacial score (nSPS) is 14.9. The van der Waals surface area contributed by atoms with Crippen molar-refractivity contribution < 1.29 is 4.39 Å². The Morgan fingerprint density at radius 2 is 1.62 bits per heavy atom. The summed E-state index contributed by atoms with van der Waals surface area (Å²) in [6.45, 7) is 3.12. The van der Waals surface area contributed by atoms with Gasteiger partial charge < -0.3 is 15.5 Å². The molecule has 0 spiro atoms. The van der Waals surface area contributed by atoms with E-state index in [-0.39, 0.29) is 11.9 Å². The molecule has 1 aromatic carbocycles. The smallest absolute Gasteiger partial charge is 0.225 e. The van der Waals surface area contributed by atoms with E-state index in [1.165, 1.54) is 12.1 Å². The maximum atomic E-state index is 13.2. The van der Waals surface area contributed by atoms with Crippen LogP contribution in [0.15, 0.2) is 67.6 Å². The van der Waals surface area contributed by atoms with Gasteiger partial charge in [-0.25, -0.2) is 23.9 Å². The molecule has 0 unspecified atom stereocenters. The van der Waals surface area contributed by atoms with Crippen molar-refractivity contribution in [2.24, 2.45) is 12.8 Å². The van der Waals surface area contributed by atoms with E-state index in [0.717, 1.165) is 59.8 Å². The molecule has 6 rings (SSSR count). The van der Waals surface area contributed by atoms with E-state index in [4.69, 9.17) is 5.73 Å². The summed E-state index contributed by atoms with van der Waals surface area (Å²) >= 11 is 0. The predicted octanol–water partition coefficient (Wildman–Crippen LogP) is 2.63. The van der Waals surface area contributed by atoms with Crippen LogP contribution in [0.2, 0.25) is 0 Å². The quantitative estimate of drug-likeness (QED) is 0.381. The number of nitrogens with two attached hydrogens (primary N) is 1. The van der Waals surface area contributed by atoms with Crippen LogP contribution in [0, 0.1) is 5.82 Å². The van der Waals surface area contributed by atoms with E-state index >= 15 is 0 Å². The molecule has 1 saturated heterocycles. The van der Waals surface area contributed by atoms with E-state index in [2.05, 4.69) is 41.0 Å². The molecule has 0 amide bonds. The zero-order valence-corrected chi connectivity index (χ0v) is 20.4. The standard InChI is InChI=1S/C26H27FN10/c1-34-15-21(14-32-34)19-11-24-25(31-17-33-37(24)16-19)35-6-8-36(9-7-35)26-29-12-20(13-30-26)23(28)10-18-2-4-22(27)5-3-18/h2-5,11-17,23H,6-10,28H2,1H3/t23-/m0/s1. The number of halogens is 1. The third-order valence-corrected chi connectivity index (χ3v) is 6.74. The topological polar surface area (TPSA) is 106 Å². The number of aromatic nitrogens is 7. The molecule has 5 heterocycles. The monoisotopic (exact) mass is 498 g/mol. The molecule has 5 aromatic rings. The summed E-state index contributed by atoms with van der Waals surface area (Å²) in [6.07, 6.45) is 11.6. The predicted molar refractivity (Wildman–Crippen MR) is 139 cm³/mol. The molecular formula is C26H27FN10. The number of nitrogens with zero attached hydrogens (tertiary/aromatic N) is 9. The maximum absolute atomic E-state index is 13.2. The molecule has 0 aliphatic carbocycles. The van der Waals surface area contributed by atoms with E-state index in [1.807, 2.05) is 30.2 Å². The lowest BCUT2D eigenvalue weighted by molar-refractivity contribution is 0.624. The highest BCUT2D eigenvalue weighted by Gasteiger charge is 2.23. The van der Waals surface area contributed by atoms with Crippen LogP contribution < -0.4 is 15.5 Å². The number of hydrogen-bond acceptors (Lipinski definition) is 8. The first-order valence-corrected chi connectivity index (χ1v) is 12.2. The Hall–Kier alpha value is -4.38. The van der Waals surface area contributed by atoms with E-state index in [1.54, 1.807) is 35.5 Å². The van der Waals surface area contributed by atoms with Crippen molar-refractivity contribution in [1.82, 2.24) is 34.3 Å². The summed E-state index contributed by atoms with van der Waals surface area (Å²) in [5, 5.41) is 8.67. The SMILES string of the molecule is Cn1cc(-c2cc3c(N4CCN(c5ncc([C@@H](N)Cc6ccc(F)cc6)cn5)CC4)ncnn3c2)cn1. The van der Waals surface area contributed by atoms with Gasteiger partial charge in [0.25, 0.3) is 0 Å². The lowest BCUT2D eigenvalue weighted by atomic mass is 10.0. The second-order valence-electron chi connectivity index (χ2n) is 9.27. The van der Waals surface area contributed by atoms with Crippen molar-refractivity contribution in [1.29, 1.82) is 0 Å². The van der Waals surface area contributed by atoms with Crippen LogP contribution in [0.25, 0.3) is 16.6 Å². The third-order valence-electron chi connectivity index (χ3n) is 6.74. The van der Waals surface area contributed by atoms with Gasteiger partial charge in [0.2, 0.25) is 5.95 Å². The van der Waals surface area contributed by atoms with Crippen LogP contribution in [0.3, 0.4) is 0 Å². The van der Waals surface area contributed by atoms with Crippen LogP contribution in [0.4, 0.5) is 16.2 Å². The Morgan fingerprint density at radius 1 is 0.892 bits per heavy atom. The zero-order valence-electron chi connectivity index (χ0n) is 20.4. The molecule has 0 bridgehead atoms. The van der Waals surface area contributed by atoms with Crippen LogP contribution in [-0.2, 0) is 13.5 Å². The van der Waals surface area contributed by atoms with Crippen molar-refractivity contribution in [2.75, 3.05) is 36.0 Å². The molecule has 1 fully saturated rings. The van der Waals surface area contributed by atoms with Gasteiger partial charge in [0.05, 0.1) is 6.20 Å². The van der Waals surface area contributed by atoms with Crippen LogP contribution in [0.1, 0.15) is 17.2 Å². The molecule has 4 aromatic heterocycles. The highest BCUT2D eigenvalue weighted by molar-refractivity contribution is 5.77. The number of fused-ring (bicyclic) bond motifs is 1. The highest BCUT2D eigenvalue weighted by Crippen LogP contribution is 2.27. The molecule has 37 heavy (non-hydrogen) atoms. The van der Waals surface area contributed by atoms with Crippen LogP contribution in [0.5, 0.6) is 0 Å². The van der Waals surface area contributed by atoms with Crippen LogP contribution >= 0.6 is 0 Å². The lowest BCUT2D eigenvalue weighted by Gasteiger charge is -2.35. The summed E-state index contributed by atoms with van der Waals surface area (Å²) in [6, 6.07) is 8.25. The molecule has 2 N–H and O–H groups in total. The first-order valence-electron chi connectivity index (χ1n) is 12.2. The fourth-order valence-electron chi connectivity index (χ4n) is 4.69. The summed E-state index contributed by atoms with van der Waals surface area (Å²) in [5.74, 6) is 1.34. The Morgan fingerprint density at radius 3 is 2.32 bits per heavy atom. The van der Waals surface area contributed by atoms with Crippen molar-refractivity contribution in [3.63, 3.8) is 0 Å². The summed E-state index contributed by atoms with van der Waals surface area (Å²) in [7, 11) is 1.91. The summed E-state index contributed by atoms with van der Waals surface area (Å²) in [4.78, 5) is 18.2. The number of hydrogen-bond donors (Lipinski definition) is 1. The van der Waals surface area contributed by atoms with Gasteiger partial charge in [-0.15, -0.1) is 0 Å². The number of anilines is 2. The van der Waals surface area contributed by atoms with Crippen LogP contribution in [-0.4, -0.2) is 60.5 Å². The van der Waals surface area contributed by atoms with Gasteiger partial charge in [0.15, 0.2) is 5.82 Å². The largest absolute Gasteiger partial charge is 0.351 e. The number of aryl methyl sites for hydroxylation is 1. The fraction of sp³-hybridized carbons (Fsp3) is 0.269. The first-order chi connectivity index (χ1) is 18.0. The van der Waals surface area contributed by atoms with Gasteiger partial charge in [-0.2, -0.15) is 10.2 Å². The Kier molecular flexibility index (Phi) is 5.97. The lowest BCUT2D eigenvalue weighted by Crippen LogP contribution is -2.47. The van der Waals surface area contributed by atoms with E-state index in [0.29, 0.717) is 12.4 Å². The van der Waals surface area contributed by atoms with Gasteiger partial charge in [0, 0.05) is 80.7 Å².